The number of alkyl halides is 3. The van der Waals surface area contributed by atoms with Gasteiger partial charge in [0.2, 0.25) is 0 Å². The Kier molecular flexibility index (Phi) is 5.92. The zero-order chi connectivity index (χ0) is 22.3. The lowest BCUT2D eigenvalue weighted by Gasteiger charge is -2.35. The number of nitrogens with zero attached hydrogens (tertiary/aromatic N) is 2. The van der Waals surface area contributed by atoms with Crippen LogP contribution in [-0.4, -0.2) is 51.0 Å². The zero-order valence-corrected chi connectivity index (χ0v) is 18.2. The molecule has 0 N–H and O–H groups in total. The first-order valence-corrected chi connectivity index (χ1v) is 10.6. The predicted octanol–water partition coefficient (Wildman–Crippen LogP) is 4.72. The molecular weight excluding hydrogens is 429 g/mol. The first kappa shape index (κ1) is 22.0. The molecule has 1 heterocycles. The average Bonchev–Trinajstić information content (AvgIpc) is 3.03. The summed E-state index contributed by atoms with van der Waals surface area (Å²) < 4.78 is 45.1. The van der Waals surface area contributed by atoms with E-state index in [0.29, 0.717) is 23.3 Å². The molecule has 1 fully saturated rings. The minimum Gasteiger partial charge on any atom is -0.495 e. The van der Waals surface area contributed by atoms with E-state index < -0.39 is 17.7 Å². The highest BCUT2D eigenvalue weighted by atomic mass is 35.5. The van der Waals surface area contributed by atoms with Crippen molar-refractivity contribution in [3.05, 3.63) is 57.6 Å². The Hall–Kier alpha value is -2.25. The van der Waals surface area contributed by atoms with Crippen LogP contribution in [0, 0.1) is 5.92 Å². The van der Waals surface area contributed by atoms with Crippen LogP contribution < -0.4 is 9.64 Å². The Balaban J connectivity index is 1.60. The van der Waals surface area contributed by atoms with Gasteiger partial charge in [-0.25, -0.2) is 0 Å². The van der Waals surface area contributed by atoms with E-state index in [1.165, 1.54) is 6.07 Å². The SMILES string of the molecule is COc1cc2c(cc1N1CCN(C)CC1)CC(Cc1cccc(C(F)(F)F)c1Cl)C2=O. The summed E-state index contributed by atoms with van der Waals surface area (Å²) in [6.45, 7) is 3.61. The average molecular weight is 453 g/mol. The normalized spacial score (nSPS) is 19.6. The fourth-order valence-electron chi connectivity index (χ4n) is 4.43. The molecule has 4 nitrogen and oxygen atoms in total. The number of fused-ring (bicyclic) bond motifs is 1. The third kappa shape index (κ3) is 4.26. The summed E-state index contributed by atoms with van der Waals surface area (Å²) in [5.74, 6) is 0.129. The van der Waals surface area contributed by atoms with E-state index in [0.717, 1.165) is 43.5 Å². The number of hydrogen-bond donors (Lipinski definition) is 0. The second-order valence-electron chi connectivity index (χ2n) is 8.22. The Bertz CT molecular complexity index is 1000. The summed E-state index contributed by atoms with van der Waals surface area (Å²) in [6, 6.07) is 7.64. The highest BCUT2D eigenvalue weighted by Crippen LogP contribution is 2.41. The zero-order valence-electron chi connectivity index (χ0n) is 17.4. The highest BCUT2D eigenvalue weighted by Gasteiger charge is 2.36. The molecule has 1 atom stereocenters. The number of halogens is 4. The maximum atomic E-state index is 13.2. The summed E-state index contributed by atoms with van der Waals surface area (Å²) in [6.07, 6.45) is -3.88. The Morgan fingerprint density at radius 1 is 1.16 bits per heavy atom. The number of ketones is 1. The summed E-state index contributed by atoms with van der Waals surface area (Å²) >= 11 is 6.06. The van der Waals surface area contributed by atoms with Crippen LogP contribution in [0.4, 0.5) is 18.9 Å². The molecule has 0 saturated carbocycles. The van der Waals surface area contributed by atoms with Crippen molar-refractivity contribution < 1.29 is 22.7 Å². The molecule has 166 valence electrons. The van der Waals surface area contributed by atoms with Crippen molar-refractivity contribution in [1.82, 2.24) is 4.90 Å². The van der Waals surface area contributed by atoms with Gasteiger partial charge in [-0.15, -0.1) is 0 Å². The molecule has 1 unspecified atom stereocenters. The number of likely N-dealkylation sites (N-methyl/N-ethyl adjacent to an activating group) is 1. The van der Waals surface area contributed by atoms with Crippen LogP contribution in [0.5, 0.6) is 5.75 Å². The maximum Gasteiger partial charge on any atom is 0.417 e. The summed E-state index contributed by atoms with van der Waals surface area (Å²) in [7, 11) is 3.67. The van der Waals surface area contributed by atoms with E-state index in [4.69, 9.17) is 16.3 Å². The second-order valence-corrected chi connectivity index (χ2v) is 8.60. The number of methoxy groups -OCH3 is 1. The Labute approximate surface area is 184 Å². The van der Waals surface area contributed by atoms with Gasteiger partial charge in [0.15, 0.2) is 5.78 Å². The Morgan fingerprint density at radius 2 is 1.87 bits per heavy atom. The smallest absolute Gasteiger partial charge is 0.417 e. The van der Waals surface area contributed by atoms with Crippen LogP contribution in [-0.2, 0) is 19.0 Å². The van der Waals surface area contributed by atoms with Crippen molar-refractivity contribution in [2.24, 2.45) is 5.92 Å². The van der Waals surface area contributed by atoms with Crippen molar-refractivity contribution >= 4 is 23.1 Å². The van der Waals surface area contributed by atoms with Gasteiger partial charge in [0, 0.05) is 37.7 Å². The van der Waals surface area contributed by atoms with Crippen molar-refractivity contribution in [2.75, 3.05) is 45.2 Å². The molecule has 2 aliphatic rings. The standard InChI is InChI=1S/C23H24ClF3N2O2/c1-28-6-8-29(9-7-28)19-12-15-11-16(22(30)17(15)13-20(19)31-2)10-14-4-3-5-18(21(14)24)23(25,26)27/h3-5,12-13,16H,6-11H2,1-2H3. The van der Waals surface area contributed by atoms with Crippen LogP contribution in [0.1, 0.15) is 27.0 Å². The highest BCUT2D eigenvalue weighted by molar-refractivity contribution is 6.32. The molecule has 0 spiro atoms. The number of hydrogen-bond acceptors (Lipinski definition) is 4. The number of carbonyl (C=O) groups excluding carboxylic acids is 1. The lowest BCUT2D eigenvalue weighted by Crippen LogP contribution is -2.44. The van der Waals surface area contributed by atoms with E-state index in [1.807, 2.05) is 6.07 Å². The maximum absolute atomic E-state index is 13.2. The molecule has 31 heavy (non-hydrogen) atoms. The minimum absolute atomic E-state index is 0.0771. The third-order valence-corrected chi connectivity index (χ3v) is 6.65. The van der Waals surface area contributed by atoms with Crippen molar-refractivity contribution in [3.8, 4) is 5.75 Å². The minimum atomic E-state index is -4.53. The second kappa shape index (κ2) is 8.36. The van der Waals surface area contributed by atoms with E-state index in [2.05, 4.69) is 16.8 Å². The largest absolute Gasteiger partial charge is 0.495 e. The van der Waals surface area contributed by atoms with Crippen LogP contribution in [0.25, 0.3) is 0 Å². The molecule has 2 aromatic carbocycles. The van der Waals surface area contributed by atoms with Gasteiger partial charge in [0.1, 0.15) is 5.75 Å². The molecule has 4 rings (SSSR count). The van der Waals surface area contributed by atoms with Crippen LogP contribution in [0.3, 0.4) is 0 Å². The molecule has 1 aliphatic heterocycles. The van der Waals surface area contributed by atoms with Crippen molar-refractivity contribution in [1.29, 1.82) is 0 Å². The van der Waals surface area contributed by atoms with E-state index in [1.54, 1.807) is 19.2 Å². The van der Waals surface area contributed by atoms with Crippen LogP contribution >= 0.6 is 11.6 Å². The monoisotopic (exact) mass is 452 g/mol. The molecule has 0 bridgehead atoms. The van der Waals surface area contributed by atoms with E-state index >= 15 is 0 Å². The van der Waals surface area contributed by atoms with Gasteiger partial charge in [-0.2, -0.15) is 13.2 Å². The first-order valence-electron chi connectivity index (χ1n) is 10.2. The number of carbonyl (C=O) groups is 1. The van der Waals surface area contributed by atoms with E-state index in [-0.39, 0.29) is 17.2 Å². The summed E-state index contributed by atoms with van der Waals surface area (Å²) in [5.41, 5.74) is 1.93. The lowest BCUT2D eigenvalue weighted by molar-refractivity contribution is -0.137. The number of piperazine rings is 1. The number of anilines is 1. The predicted molar refractivity (Wildman–Crippen MR) is 114 cm³/mol. The van der Waals surface area contributed by atoms with Gasteiger partial charge in [0.05, 0.1) is 23.4 Å². The lowest BCUT2D eigenvalue weighted by atomic mass is 9.94. The quantitative estimate of drug-likeness (QED) is 0.672. The van der Waals surface area contributed by atoms with Gasteiger partial charge >= 0.3 is 6.18 Å². The Morgan fingerprint density at radius 3 is 2.52 bits per heavy atom. The number of benzene rings is 2. The molecule has 2 aromatic rings. The van der Waals surface area contributed by atoms with Crippen LogP contribution in [0.15, 0.2) is 30.3 Å². The topological polar surface area (TPSA) is 32.8 Å². The fourth-order valence-corrected chi connectivity index (χ4v) is 4.74. The van der Waals surface area contributed by atoms with E-state index in [9.17, 15) is 18.0 Å². The van der Waals surface area contributed by atoms with Gasteiger partial charge in [-0.1, -0.05) is 23.7 Å². The fraction of sp³-hybridized carbons (Fsp3) is 0.435. The molecule has 0 aromatic heterocycles. The first-order chi connectivity index (χ1) is 14.7. The number of Topliss-reactive ketones (excluding diaryl/α,β-unsaturated/α-hetero) is 1. The molecular formula is C23H24ClF3N2O2. The number of ether oxygens (including phenoxy) is 1. The van der Waals surface area contributed by atoms with Crippen LogP contribution in [0.2, 0.25) is 5.02 Å². The van der Waals surface area contributed by atoms with Gasteiger partial charge in [0.25, 0.3) is 0 Å². The van der Waals surface area contributed by atoms with Crippen molar-refractivity contribution in [3.63, 3.8) is 0 Å². The third-order valence-electron chi connectivity index (χ3n) is 6.20. The van der Waals surface area contributed by atoms with Crippen molar-refractivity contribution in [2.45, 2.75) is 19.0 Å². The van der Waals surface area contributed by atoms with Gasteiger partial charge in [-0.3, -0.25) is 4.79 Å². The molecule has 0 amide bonds. The number of rotatable bonds is 4. The molecule has 1 aliphatic carbocycles. The molecule has 0 radical (unpaired) electrons. The molecule has 8 heteroatoms. The summed E-state index contributed by atoms with van der Waals surface area (Å²) in [4.78, 5) is 17.6. The van der Waals surface area contributed by atoms with Gasteiger partial charge < -0.3 is 14.5 Å². The molecule has 1 saturated heterocycles. The van der Waals surface area contributed by atoms with Gasteiger partial charge in [-0.05, 0) is 49.2 Å². The summed E-state index contributed by atoms with van der Waals surface area (Å²) in [5, 5.41) is -0.325.